The Morgan fingerprint density at radius 3 is 2.33 bits per heavy atom. The van der Waals surface area contributed by atoms with E-state index < -0.39 is 5.41 Å². The molecule has 0 aromatic heterocycles. The Kier molecular flexibility index (Phi) is 3.65. The number of nitrogens with two attached hydrogens (primary N) is 1. The molecule has 2 aliphatic rings. The summed E-state index contributed by atoms with van der Waals surface area (Å²) in [6.07, 6.45) is 3.73. The maximum atomic E-state index is 12.7. The topological polar surface area (TPSA) is 66.6 Å². The zero-order valence-electron chi connectivity index (χ0n) is 11.1. The summed E-state index contributed by atoms with van der Waals surface area (Å²) in [4.78, 5) is 15.0. The van der Waals surface area contributed by atoms with Crippen molar-refractivity contribution < 1.29 is 9.90 Å². The van der Waals surface area contributed by atoms with Crippen molar-refractivity contribution in [2.24, 2.45) is 11.1 Å². The van der Waals surface area contributed by atoms with E-state index >= 15 is 0 Å². The molecule has 2 rings (SSSR count). The van der Waals surface area contributed by atoms with Crippen molar-refractivity contribution in [3.63, 3.8) is 0 Å². The molecule has 102 valence electrons. The van der Waals surface area contributed by atoms with E-state index in [-0.39, 0.29) is 29.1 Å². The Morgan fingerprint density at radius 1 is 1.44 bits per heavy atom. The van der Waals surface area contributed by atoms with Crippen LogP contribution in [0.5, 0.6) is 0 Å². The second-order valence-corrected chi connectivity index (χ2v) is 6.21. The molecular weight excluding hydrogens is 248 g/mol. The van der Waals surface area contributed by atoms with Crippen LogP contribution >= 0.6 is 12.2 Å². The van der Waals surface area contributed by atoms with Crippen LogP contribution in [0.15, 0.2) is 0 Å². The number of aliphatic hydroxyl groups is 1. The number of carbonyl (C=O) groups excluding carboxylic acids is 1. The van der Waals surface area contributed by atoms with Crippen LogP contribution in [0.3, 0.4) is 0 Å². The third-order valence-corrected chi connectivity index (χ3v) is 5.12. The van der Waals surface area contributed by atoms with Gasteiger partial charge in [-0.1, -0.05) is 19.1 Å². The summed E-state index contributed by atoms with van der Waals surface area (Å²) in [6.45, 7) is 3.78. The molecule has 5 heteroatoms. The first kappa shape index (κ1) is 13.7. The van der Waals surface area contributed by atoms with Gasteiger partial charge in [0.2, 0.25) is 5.91 Å². The average Bonchev–Trinajstić information content (AvgIpc) is 2.59. The minimum atomic E-state index is -0.738. The molecule has 3 atom stereocenters. The Hall–Kier alpha value is -0.680. The van der Waals surface area contributed by atoms with Gasteiger partial charge >= 0.3 is 0 Å². The number of rotatable bonds is 3. The Balaban J connectivity index is 2.22. The first-order valence-corrected chi connectivity index (χ1v) is 7.11. The van der Waals surface area contributed by atoms with Crippen molar-refractivity contribution >= 4 is 23.1 Å². The van der Waals surface area contributed by atoms with Crippen molar-refractivity contribution in [3.8, 4) is 0 Å². The molecule has 2 saturated heterocycles. The Morgan fingerprint density at radius 2 is 1.94 bits per heavy atom. The van der Waals surface area contributed by atoms with E-state index in [4.69, 9.17) is 18.0 Å². The first-order chi connectivity index (χ1) is 8.40. The molecule has 0 aliphatic carbocycles. The van der Waals surface area contributed by atoms with Crippen molar-refractivity contribution in [1.82, 2.24) is 4.90 Å². The van der Waals surface area contributed by atoms with Crippen molar-refractivity contribution in [2.45, 2.75) is 64.1 Å². The van der Waals surface area contributed by atoms with Crippen LogP contribution in [0, 0.1) is 5.41 Å². The third kappa shape index (κ3) is 2.03. The van der Waals surface area contributed by atoms with Gasteiger partial charge in [-0.05, 0) is 39.0 Å². The zero-order valence-corrected chi connectivity index (χ0v) is 11.9. The lowest BCUT2D eigenvalue weighted by molar-refractivity contribution is -0.144. The molecule has 2 fully saturated rings. The number of fused-ring (bicyclic) bond motifs is 2. The molecule has 3 N–H and O–H groups in total. The number of carbonyl (C=O) groups is 1. The van der Waals surface area contributed by atoms with E-state index in [9.17, 15) is 9.90 Å². The molecule has 18 heavy (non-hydrogen) atoms. The summed E-state index contributed by atoms with van der Waals surface area (Å²) in [5.74, 6) is 0.0527. The fourth-order valence-electron chi connectivity index (χ4n) is 3.20. The van der Waals surface area contributed by atoms with Gasteiger partial charge in [0.15, 0.2) is 0 Å². The molecule has 0 radical (unpaired) electrons. The van der Waals surface area contributed by atoms with Crippen molar-refractivity contribution in [2.75, 3.05) is 0 Å². The van der Waals surface area contributed by atoms with Gasteiger partial charge in [0, 0.05) is 12.1 Å². The molecule has 0 aromatic carbocycles. The summed E-state index contributed by atoms with van der Waals surface area (Å²) >= 11 is 5.08. The minimum absolute atomic E-state index is 0.0527. The minimum Gasteiger partial charge on any atom is -0.393 e. The second kappa shape index (κ2) is 4.78. The normalized spacial score (nSPS) is 34.2. The van der Waals surface area contributed by atoms with Crippen molar-refractivity contribution in [1.29, 1.82) is 0 Å². The predicted molar refractivity (Wildman–Crippen MR) is 74.1 cm³/mol. The lowest BCUT2D eigenvalue weighted by Crippen LogP contribution is -2.55. The van der Waals surface area contributed by atoms with Crippen LogP contribution in [-0.2, 0) is 4.79 Å². The van der Waals surface area contributed by atoms with E-state index in [0.29, 0.717) is 19.3 Å². The van der Waals surface area contributed by atoms with Crippen LogP contribution in [0.2, 0.25) is 0 Å². The van der Waals surface area contributed by atoms with Gasteiger partial charge in [-0.3, -0.25) is 4.79 Å². The van der Waals surface area contributed by atoms with Gasteiger partial charge in [0.1, 0.15) is 0 Å². The van der Waals surface area contributed by atoms with Crippen LogP contribution in [0.1, 0.15) is 46.0 Å². The van der Waals surface area contributed by atoms with Gasteiger partial charge < -0.3 is 15.7 Å². The van der Waals surface area contributed by atoms with E-state index in [1.165, 1.54) is 0 Å². The maximum absolute atomic E-state index is 12.7. The highest BCUT2D eigenvalue weighted by atomic mass is 32.1. The summed E-state index contributed by atoms with van der Waals surface area (Å²) in [7, 11) is 0. The number of aliphatic hydroxyl groups excluding tert-OH is 1. The third-order valence-electron chi connectivity index (χ3n) is 4.67. The Bertz CT molecular complexity index is 360. The van der Waals surface area contributed by atoms with Crippen LogP contribution in [0.25, 0.3) is 0 Å². The summed E-state index contributed by atoms with van der Waals surface area (Å²) in [5.41, 5.74) is 5.02. The van der Waals surface area contributed by atoms with E-state index in [0.717, 1.165) is 12.8 Å². The van der Waals surface area contributed by atoms with Gasteiger partial charge in [0.25, 0.3) is 0 Å². The van der Waals surface area contributed by atoms with E-state index in [2.05, 4.69) is 0 Å². The molecule has 0 spiro atoms. The molecule has 0 aromatic rings. The van der Waals surface area contributed by atoms with Gasteiger partial charge in [-0.2, -0.15) is 0 Å². The Labute approximate surface area is 114 Å². The van der Waals surface area contributed by atoms with E-state index in [1.54, 1.807) is 0 Å². The number of thiocarbonyl (C=S) groups is 1. The number of nitrogens with zero attached hydrogens (tertiary/aromatic N) is 1. The van der Waals surface area contributed by atoms with Crippen molar-refractivity contribution in [3.05, 3.63) is 0 Å². The van der Waals surface area contributed by atoms with Crippen LogP contribution in [0.4, 0.5) is 0 Å². The highest BCUT2D eigenvalue weighted by Gasteiger charge is 2.48. The lowest BCUT2D eigenvalue weighted by atomic mass is 9.84. The summed E-state index contributed by atoms with van der Waals surface area (Å²) < 4.78 is 0. The highest BCUT2D eigenvalue weighted by molar-refractivity contribution is 7.80. The summed E-state index contributed by atoms with van der Waals surface area (Å²) in [6, 6.07) is 0.345. The number of hydrogen-bond acceptors (Lipinski definition) is 3. The molecule has 2 heterocycles. The van der Waals surface area contributed by atoms with Crippen LogP contribution in [-0.4, -0.2) is 39.1 Å². The molecule has 1 amide bonds. The first-order valence-electron chi connectivity index (χ1n) is 6.71. The molecule has 2 bridgehead atoms. The fourth-order valence-corrected chi connectivity index (χ4v) is 3.43. The van der Waals surface area contributed by atoms with E-state index in [1.807, 2.05) is 18.7 Å². The molecule has 0 saturated carbocycles. The molecule has 2 aliphatic heterocycles. The number of amides is 1. The molecule has 3 unspecified atom stereocenters. The smallest absolute Gasteiger partial charge is 0.235 e. The van der Waals surface area contributed by atoms with Gasteiger partial charge in [-0.25, -0.2) is 0 Å². The number of piperidine rings is 1. The monoisotopic (exact) mass is 270 g/mol. The zero-order chi connectivity index (χ0) is 13.5. The lowest BCUT2D eigenvalue weighted by Gasteiger charge is -2.42. The number of hydrogen-bond donors (Lipinski definition) is 2. The predicted octanol–water partition coefficient (Wildman–Crippen LogP) is 1.20. The second-order valence-electron chi connectivity index (χ2n) is 5.77. The standard InChI is InChI=1S/C13H22N2O2S/c1-3-13(2,11(14)18)12(17)15-8-4-5-9(15)7-10(16)6-8/h8-10,16H,3-7H2,1-2H3,(H2,14,18). The highest BCUT2D eigenvalue weighted by Crippen LogP contribution is 2.39. The molecule has 4 nitrogen and oxygen atoms in total. The van der Waals surface area contributed by atoms with Gasteiger partial charge in [0.05, 0.1) is 16.5 Å². The fraction of sp³-hybridized carbons (Fsp3) is 0.846. The quantitative estimate of drug-likeness (QED) is 0.756. The van der Waals surface area contributed by atoms with Gasteiger partial charge in [-0.15, -0.1) is 0 Å². The maximum Gasteiger partial charge on any atom is 0.235 e. The average molecular weight is 270 g/mol. The van der Waals surface area contributed by atoms with Crippen LogP contribution < -0.4 is 5.73 Å². The largest absolute Gasteiger partial charge is 0.393 e. The summed E-state index contributed by atoms with van der Waals surface area (Å²) in [5, 5.41) is 9.77. The molecular formula is C13H22N2O2S. The SMILES string of the molecule is CCC(C)(C(=O)N1C2CCC1CC(O)C2)C(N)=S.